The first-order valence-corrected chi connectivity index (χ1v) is 7.81. The molecule has 3 rings (SSSR count). The number of fused-ring (bicyclic) bond motifs is 1. The Labute approximate surface area is 126 Å². The summed E-state index contributed by atoms with van der Waals surface area (Å²) in [5.74, 6) is 0.737. The van der Waals surface area contributed by atoms with Crippen LogP contribution in [0.25, 0.3) is 5.65 Å². The molecule has 0 saturated carbocycles. The second kappa shape index (κ2) is 5.66. The standard InChI is InChI=1S/C15H18BrN3O/c1-11-3-2-6-18(8-11)10-13-7-15(20)19-9-12(16)4-5-14(19)17-13/h4-5,7,9,11H,2-3,6,8,10H2,1H3/t11-/m0/s1. The van der Waals surface area contributed by atoms with Crippen LogP contribution in [0.3, 0.4) is 0 Å². The fourth-order valence-corrected chi connectivity index (χ4v) is 3.20. The fourth-order valence-electron chi connectivity index (χ4n) is 2.87. The Kier molecular flexibility index (Phi) is 3.89. The minimum atomic E-state index is -0.0173. The summed E-state index contributed by atoms with van der Waals surface area (Å²) in [6.45, 7) is 5.26. The van der Waals surface area contributed by atoms with Crippen LogP contribution in [0.1, 0.15) is 25.5 Å². The van der Waals surface area contributed by atoms with Gasteiger partial charge in [0.15, 0.2) is 0 Å². The summed E-state index contributed by atoms with van der Waals surface area (Å²) in [7, 11) is 0. The van der Waals surface area contributed by atoms with Gasteiger partial charge in [-0.05, 0) is 53.4 Å². The Morgan fingerprint density at radius 3 is 3.10 bits per heavy atom. The van der Waals surface area contributed by atoms with Gasteiger partial charge in [-0.25, -0.2) is 4.98 Å². The lowest BCUT2D eigenvalue weighted by Gasteiger charge is -2.30. The average Bonchev–Trinajstić information content (AvgIpc) is 2.40. The fraction of sp³-hybridized carbons (Fsp3) is 0.467. The number of hydrogen-bond donors (Lipinski definition) is 0. The van der Waals surface area contributed by atoms with Crippen molar-refractivity contribution in [3.63, 3.8) is 0 Å². The topological polar surface area (TPSA) is 37.6 Å². The molecule has 2 aromatic heterocycles. The highest BCUT2D eigenvalue weighted by atomic mass is 79.9. The van der Waals surface area contributed by atoms with Crippen LogP contribution in [0.4, 0.5) is 0 Å². The van der Waals surface area contributed by atoms with E-state index in [1.807, 2.05) is 12.1 Å². The molecular weight excluding hydrogens is 318 g/mol. The quantitative estimate of drug-likeness (QED) is 0.846. The van der Waals surface area contributed by atoms with Crippen LogP contribution < -0.4 is 5.56 Å². The number of piperidine rings is 1. The van der Waals surface area contributed by atoms with Crippen LogP contribution in [-0.4, -0.2) is 27.4 Å². The third kappa shape index (κ3) is 2.94. The van der Waals surface area contributed by atoms with Crippen molar-refractivity contribution in [3.8, 4) is 0 Å². The van der Waals surface area contributed by atoms with Crippen LogP contribution >= 0.6 is 15.9 Å². The summed E-state index contributed by atoms with van der Waals surface area (Å²) in [6, 6.07) is 5.43. The number of nitrogens with zero attached hydrogens (tertiary/aromatic N) is 3. The molecule has 20 heavy (non-hydrogen) atoms. The van der Waals surface area contributed by atoms with Crippen molar-refractivity contribution in [1.29, 1.82) is 0 Å². The zero-order valence-electron chi connectivity index (χ0n) is 11.6. The number of likely N-dealkylation sites (tertiary alicyclic amines) is 1. The Morgan fingerprint density at radius 1 is 1.45 bits per heavy atom. The van der Waals surface area contributed by atoms with Crippen LogP contribution in [0, 0.1) is 5.92 Å². The number of pyridine rings is 1. The molecule has 0 radical (unpaired) electrons. The highest BCUT2D eigenvalue weighted by Crippen LogP contribution is 2.17. The van der Waals surface area contributed by atoms with Crippen LogP contribution in [-0.2, 0) is 6.54 Å². The number of rotatable bonds is 2. The molecule has 0 N–H and O–H groups in total. The van der Waals surface area contributed by atoms with E-state index in [0.29, 0.717) is 5.65 Å². The summed E-state index contributed by atoms with van der Waals surface area (Å²) in [4.78, 5) is 19.1. The van der Waals surface area contributed by atoms with Gasteiger partial charge in [0, 0.05) is 29.8 Å². The van der Waals surface area contributed by atoms with E-state index in [2.05, 4.69) is 32.7 Å². The smallest absolute Gasteiger partial charge is 0.258 e. The first-order chi connectivity index (χ1) is 9.61. The van der Waals surface area contributed by atoms with Crippen molar-refractivity contribution < 1.29 is 0 Å². The Morgan fingerprint density at radius 2 is 2.30 bits per heavy atom. The third-order valence-electron chi connectivity index (χ3n) is 3.80. The monoisotopic (exact) mass is 335 g/mol. The lowest BCUT2D eigenvalue weighted by atomic mass is 10.0. The van der Waals surface area contributed by atoms with Gasteiger partial charge in [0.25, 0.3) is 5.56 Å². The van der Waals surface area contributed by atoms with Crippen LogP contribution in [0.5, 0.6) is 0 Å². The zero-order chi connectivity index (χ0) is 14.1. The molecule has 0 bridgehead atoms. The van der Waals surface area contributed by atoms with Gasteiger partial charge in [0.05, 0.1) is 5.69 Å². The van der Waals surface area contributed by atoms with E-state index in [4.69, 9.17) is 0 Å². The molecule has 0 unspecified atom stereocenters. The van der Waals surface area contributed by atoms with Gasteiger partial charge < -0.3 is 0 Å². The van der Waals surface area contributed by atoms with Crippen molar-refractivity contribution in [3.05, 3.63) is 44.9 Å². The van der Waals surface area contributed by atoms with E-state index < -0.39 is 0 Å². The molecule has 1 aliphatic heterocycles. The van der Waals surface area contributed by atoms with Crippen molar-refractivity contribution >= 4 is 21.6 Å². The molecule has 5 heteroatoms. The largest absolute Gasteiger partial charge is 0.297 e. The molecule has 1 atom stereocenters. The Hall–Kier alpha value is -1.20. The molecule has 4 nitrogen and oxygen atoms in total. The van der Waals surface area contributed by atoms with E-state index in [1.165, 1.54) is 12.8 Å². The molecule has 1 aliphatic rings. The Balaban J connectivity index is 1.89. The maximum absolute atomic E-state index is 12.1. The average molecular weight is 336 g/mol. The predicted molar refractivity (Wildman–Crippen MR) is 82.8 cm³/mol. The third-order valence-corrected chi connectivity index (χ3v) is 4.27. The highest BCUT2D eigenvalue weighted by Gasteiger charge is 2.17. The van der Waals surface area contributed by atoms with Gasteiger partial charge in [-0.15, -0.1) is 0 Å². The maximum atomic E-state index is 12.1. The summed E-state index contributed by atoms with van der Waals surface area (Å²) >= 11 is 3.38. The predicted octanol–water partition coefficient (Wildman–Crippen LogP) is 2.69. The van der Waals surface area contributed by atoms with Gasteiger partial charge in [-0.1, -0.05) is 6.92 Å². The minimum absolute atomic E-state index is 0.0173. The number of hydrogen-bond acceptors (Lipinski definition) is 3. The van der Waals surface area contributed by atoms with E-state index >= 15 is 0 Å². The van der Waals surface area contributed by atoms with E-state index in [-0.39, 0.29) is 5.56 Å². The van der Waals surface area contributed by atoms with Gasteiger partial charge in [0.2, 0.25) is 0 Å². The van der Waals surface area contributed by atoms with E-state index in [1.54, 1.807) is 16.7 Å². The number of halogens is 1. The molecule has 0 spiro atoms. The van der Waals surface area contributed by atoms with Crippen molar-refractivity contribution in [2.24, 2.45) is 5.92 Å². The highest BCUT2D eigenvalue weighted by molar-refractivity contribution is 9.10. The molecule has 1 saturated heterocycles. The summed E-state index contributed by atoms with van der Waals surface area (Å²) in [5, 5.41) is 0. The van der Waals surface area contributed by atoms with Gasteiger partial charge in [0.1, 0.15) is 5.65 Å². The van der Waals surface area contributed by atoms with Crippen LogP contribution in [0.2, 0.25) is 0 Å². The second-order valence-corrected chi connectivity index (χ2v) is 6.56. The first-order valence-electron chi connectivity index (χ1n) is 7.02. The van der Waals surface area contributed by atoms with Crippen molar-refractivity contribution in [2.75, 3.05) is 13.1 Å². The molecule has 106 valence electrons. The van der Waals surface area contributed by atoms with Gasteiger partial charge in [-0.2, -0.15) is 0 Å². The normalized spacial score (nSPS) is 20.4. The second-order valence-electron chi connectivity index (χ2n) is 5.64. The molecule has 0 aromatic carbocycles. The minimum Gasteiger partial charge on any atom is -0.297 e. The van der Waals surface area contributed by atoms with Crippen molar-refractivity contribution in [1.82, 2.24) is 14.3 Å². The number of aromatic nitrogens is 2. The Bertz CT molecular complexity index is 682. The molecule has 3 heterocycles. The zero-order valence-corrected chi connectivity index (χ0v) is 13.1. The molecule has 2 aromatic rings. The van der Waals surface area contributed by atoms with Crippen LogP contribution in [0.15, 0.2) is 33.7 Å². The molecule has 0 amide bonds. The molecule has 1 fully saturated rings. The van der Waals surface area contributed by atoms with Crippen molar-refractivity contribution in [2.45, 2.75) is 26.3 Å². The van der Waals surface area contributed by atoms with E-state index in [0.717, 1.165) is 35.7 Å². The SMILES string of the molecule is C[C@H]1CCCN(Cc2cc(=O)n3cc(Br)ccc3n2)C1. The van der Waals surface area contributed by atoms with Gasteiger partial charge >= 0.3 is 0 Å². The first kappa shape index (κ1) is 13.8. The van der Waals surface area contributed by atoms with Gasteiger partial charge in [-0.3, -0.25) is 14.1 Å². The van der Waals surface area contributed by atoms with E-state index in [9.17, 15) is 4.79 Å². The summed E-state index contributed by atoms with van der Waals surface area (Å²) in [6.07, 6.45) is 4.30. The lowest BCUT2D eigenvalue weighted by molar-refractivity contribution is 0.175. The maximum Gasteiger partial charge on any atom is 0.258 e. The summed E-state index contributed by atoms with van der Waals surface area (Å²) < 4.78 is 2.46. The molecular formula is C15H18BrN3O. The molecule has 0 aliphatic carbocycles. The summed E-state index contributed by atoms with van der Waals surface area (Å²) in [5.41, 5.74) is 1.56. The lowest BCUT2D eigenvalue weighted by Crippen LogP contribution is -2.34.